The van der Waals surface area contributed by atoms with Crippen molar-refractivity contribution in [1.29, 1.82) is 0 Å². The average Bonchev–Trinajstić information content (AvgIpc) is 3.36. The van der Waals surface area contributed by atoms with Crippen LogP contribution in [0, 0.1) is 11.3 Å². The zero-order valence-corrected chi connectivity index (χ0v) is 21.4. The maximum atomic E-state index is 14.5. The highest BCUT2D eigenvalue weighted by atomic mass is 16.2. The van der Waals surface area contributed by atoms with Gasteiger partial charge in [0.1, 0.15) is 11.5 Å². The number of Topliss-reactive ketones (excluding diaryl/α,β-unsaturated/α-hetero) is 2. The lowest BCUT2D eigenvalue weighted by Crippen LogP contribution is -2.51. The summed E-state index contributed by atoms with van der Waals surface area (Å²) in [5.74, 6) is -1.48. The van der Waals surface area contributed by atoms with Crippen LogP contribution < -0.4 is 10.2 Å². The Hall–Kier alpha value is -4.06. The molecule has 2 aromatic carbocycles. The molecule has 0 bridgehead atoms. The van der Waals surface area contributed by atoms with E-state index >= 15 is 0 Å². The average molecular weight is 492 g/mol. The molecule has 4 heterocycles. The van der Waals surface area contributed by atoms with Gasteiger partial charge in [0.05, 0.1) is 12.0 Å². The number of anilines is 2. The Morgan fingerprint density at radius 3 is 2.38 bits per heavy atom. The van der Waals surface area contributed by atoms with Crippen molar-refractivity contribution in [3.05, 3.63) is 95.8 Å². The Labute approximate surface area is 216 Å². The first-order valence-corrected chi connectivity index (χ1v) is 12.6. The van der Waals surface area contributed by atoms with Crippen LogP contribution in [0.25, 0.3) is 5.57 Å². The number of allylic oxidation sites excluding steroid dienone is 1. The number of fused-ring (bicyclic) bond motifs is 6. The minimum atomic E-state index is -1.28. The molecule has 0 saturated carbocycles. The number of pyridine rings is 1. The predicted molar refractivity (Wildman–Crippen MR) is 143 cm³/mol. The molecule has 6 heteroatoms. The van der Waals surface area contributed by atoms with Gasteiger partial charge < -0.3 is 10.2 Å². The van der Waals surface area contributed by atoms with E-state index in [9.17, 15) is 14.4 Å². The molecule has 1 spiro atoms. The topological polar surface area (TPSA) is 79.4 Å². The van der Waals surface area contributed by atoms with E-state index in [1.54, 1.807) is 24.5 Å². The molecule has 6 nitrogen and oxygen atoms in total. The molecule has 1 saturated heterocycles. The van der Waals surface area contributed by atoms with Crippen LogP contribution in [-0.4, -0.2) is 34.5 Å². The van der Waals surface area contributed by atoms with Crippen molar-refractivity contribution in [3.63, 3.8) is 0 Å². The molecule has 1 N–H and O–H groups in total. The van der Waals surface area contributed by atoms with Gasteiger partial charge in [0, 0.05) is 40.3 Å². The van der Waals surface area contributed by atoms with Crippen LogP contribution >= 0.6 is 0 Å². The molecule has 3 aliphatic heterocycles. The van der Waals surface area contributed by atoms with Crippen molar-refractivity contribution in [2.75, 3.05) is 10.2 Å². The van der Waals surface area contributed by atoms with Gasteiger partial charge in [-0.2, -0.15) is 0 Å². The summed E-state index contributed by atoms with van der Waals surface area (Å²) in [5.41, 5.74) is 2.77. The van der Waals surface area contributed by atoms with Crippen molar-refractivity contribution in [2.24, 2.45) is 11.3 Å². The number of carbonyl (C=O) groups is 3. The number of amides is 1. The predicted octanol–water partition coefficient (Wildman–Crippen LogP) is 5.06. The molecule has 3 aliphatic rings. The van der Waals surface area contributed by atoms with E-state index in [4.69, 9.17) is 0 Å². The minimum absolute atomic E-state index is 0.0679. The van der Waals surface area contributed by atoms with E-state index in [1.807, 2.05) is 76.2 Å². The molecule has 3 aromatic rings. The van der Waals surface area contributed by atoms with E-state index in [0.717, 1.165) is 22.4 Å². The van der Waals surface area contributed by atoms with Gasteiger partial charge in [-0.3, -0.25) is 19.4 Å². The van der Waals surface area contributed by atoms with Crippen LogP contribution in [0.1, 0.15) is 49.2 Å². The standard InChI is InChI=1S/C31H29N3O3/c1-18-17-24-31(21-10-6-7-11-22(21)33-29(31)37)25(27(35)19-13-15-32-16-14-19)26(28(36)30(2,3)4)34(24)23-12-8-5-9-20(18)23/h5-17,24-26H,1-4H3,(H,33,37)/t24-,25-,26-,31-/m0/s1. The van der Waals surface area contributed by atoms with E-state index in [1.165, 1.54) is 0 Å². The fraction of sp³-hybridized carbons (Fsp3) is 0.290. The highest BCUT2D eigenvalue weighted by Gasteiger charge is 2.71. The normalized spacial score (nSPS) is 25.7. The number of rotatable bonds is 3. The zero-order chi connectivity index (χ0) is 26.1. The molecule has 1 amide bonds. The van der Waals surface area contributed by atoms with Crippen molar-refractivity contribution in [3.8, 4) is 0 Å². The quantitative estimate of drug-likeness (QED) is 0.518. The molecular formula is C31H29N3O3. The third-order valence-corrected chi connectivity index (χ3v) is 8.14. The van der Waals surface area contributed by atoms with E-state index in [2.05, 4.69) is 21.3 Å². The van der Waals surface area contributed by atoms with Crippen LogP contribution in [0.3, 0.4) is 0 Å². The molecule has 6 rings (SSSR count). The smallest absolute Gasteiger partial charge is 0.238 e. The Kier molecular flexibility index (Phi) is 5.03. The number of nitrogens with zero attached hydrogens (tertiary/aromatic N) is 2. The lowest BCUT2D eigenvalue weighted by atomic mass is 9.63. The highest BCUT2D eigenvalue weighted by Crippen LogP contribution is 2.59. The van der Waals surface area contributed by atoms with E-state index < -0.39 is 28.8 Å². The van der Waals surface area contributed by atoms with Crippen LogP contribution in [-0.2, 0) is 15.0 Å². The summed E-state index contributed by atoms with van der Waals surface area (Å²) in [6.07, 6.45) is 5.22. The largest absolute Gasteiger partial charge is 0.352 e. The maximum absolute atomic E-state index is 14.5. The highest BCUT2D eigenvalue weighted by molar-refractivity contribution is 6.17. The molecule has 4 atom stereocenters. The second kappa shape index (κ2) is 7.97. The summed E-state index contributed by atoms with van der Waals surface area (Å²) in [4.78, 5) is 49.3. The van der Waals surface area contributed by atoms with E-state index in [0.29, 0.717) is 11.3 Å². The first kappa shape index (κ1) is 23.3. The summed E-state index contributed by atoms with van der Waals surface area (Å²) in [6.45, 7) is 7.66. The lowest BCUT2D eigenvalue weighted by Gasteiger charge is -2.39. The van der Waals surface area contributed by atoms with Crippen molar-refractivity contribution >= 4 is 34.4 Å². The summed E-state index contributed by atoms with van der Waals surface area (Å²) >= 11 is 0. The Balaban J connectivity index is 1.71. The van der Waals surface area contributed by atoms with Gasteiger partial charge >= 0.3 is 0 Å². The second-order valence-electron chi connectivity index (χ2n) is 11.2. The van der Waals surface area contributed by atoms with Crippen molar-refractivity contribution in [2.45, 2.75) is 45.2 Å². The first-order chi connectivity index (χ1) is 17.7. The van der Waals surface area contributed by atoms with Crippen molar-refractivity contribution in [1.82, 2.24) is 4.98 Å². The van der Waals surface area contributed by atoms with Gasteiger partial charge in [0.2, 0.25) is 5.91 Å². The van der Waals surface area contributed by atoms with Crippen LogP contribution in [0.5, 0.6) is 0 Å². The first-order valence-electron chi connectivity index (χ1n) is 12.6. The summed E-state index contributed by atoms with van der Waals surface area (Å²) in [6, 6.07) is 17.5. The summed E-state index contributed by atoms with van der Waals surface area (Å²) in [7, 11) is 0. The fourth-order valence-electron chi connectivity index (χ4n) is 6.53. The van der Waals surface area contributed by atoms with Crippen LogP contribution in [0.2, 0.25) is 0 Å². The molecule has 0 radical (unpaired) electrons. The number of hydrogen-bond donors (Lipinski definition) is 1. The number of ketones is 2. The monoisotopic (exact) mass is 491 g/mol. The van der Waals surface area contributed by atoms with Gasteiger partial charge in [-0.15, -0.1) is 0 Å². The number of carbonyl (C=O) groups excluding carboxylic acids is 3. The number of benzene rings is 2. The maximum Gasteiger partial charge on any atom is 0.238 e. The fourth-order valence-corrected chi connectivity index (χ4v) is 6.53. The van der Waals surface area contributed by atoms with Crippen molar-refractivity contribution < 1.29 is 14.4 Å². The number of nitrogens with one attached hydrogen (secondary N) is 1. The number of para-hydroxylation sites is 2. The lowest BCUT2D eigenvalue weighted by molar-refractivity contribution is -0.128. The van der Waals surface area contributed by atoms with Gasteiger partial charge in [-0.25, -0.2) is 0 Å². The van der Waals surface area contributed by atoms with Crippen LogP contribution in [0.15, 0.2) is 79.1 Å². The molecule has 186 valence electrons. The second-order valence-corrected chi connectivity index (χ2v) is 11.2. The van der Waals surface area contributed by atoms with Gasteiger partial charge in [0.15, 0.2) is 11.6 Å². The summed E-state index contributed by atoms with van der Waals surface area (Å²) in [5, 5.41) is 3.07. The molecular weight excluding hydrogens is 462 g/mol. The number of aromatic nitrogens is 1. The molecule has 0 aliphatic carbocycles. The van der Waals surface area contributed by atoms with Gasteiger partial charge in [-0.05, 0) is 42.3 Å². The Morgan fingerprint density at radius 1 is 0.973 bits per heavy atom. The zero-order valence-electron chi connectivity index (χ0n) is 21.4. The van der Waals surface area contributed by atoms with Gasteiger partial charge in [-0.1, -0.05) is 63.2 Å². The Morgan fingerprint density at radius 2 is 1.65 bits per heavy atom. The summed E-state index contributed by atoms with van der Waals surface area (Å²) < 4.78 is 0. The molecule has 37 heavy (non-hydrogen) atoms. The minimum Gasteiger partial charge on any atom is -0.352 e. The number of hydrogen-bond acceptors (Lipinski definition) is 5. The van der Waals surface area contributed by atoms with E-state index in [-0.39, 0.29) is 17.5 Å². The Bertz CT molecular complexity index is 1490. The molecule has 1 fully saturated rings. The third kappa shape index (κ3) is 3.11. The molecule has 0 unspecified atom stereocenters. The third-order valence-electron chi connectivity index (χ3n) is 8.14. The van der Waals surface area contributed by atoms with Gasteiger partial charge in [0.25, 0.3) is 0 Å². The SMILES string of the molecule is CC1=C[C@@H]2N(c3ccccc31)[C@H](C(=O)C(C)(C)C)[C@@H](C(=O)c1ccncc1)[C@@]21C(=O)Nc2ccccc21. The molecule has 1 aromatic heterocycles. The van der Waals surface area contributed by atoms with Crippen LogP contribution in [0.4, 0.5) is 11.4 Å².